The number of allylic oxidation sites excluding steroid dienone is 24. The lowest BCUT2D eigenvalue weighted by atomic mass is 10.0. The molecule has 79 heavy (non-hydrogen) atoms. The van der Waals surface area contributed by atoms with E-state index in [1.54, 1.807) is 0 Å². The van der Waals surface area contributed by atoms with E-state index in [9.17, 15) is 19.5 Å². The first-order valence-corrected chi connectivity index (χ1v) is 31.0. The van der Waals surface area contributed by atoms with Crippen LogP contribution in [0.25, 0.3) is 0 Å². The van der Waals surface area contributed by atoms with Gasteiger partial charge < -0.3 is 33.3 Å². The molecule has 0 saturated heterocycles. The van der Waals surface area contributed by atoms with Crippen molar-refractivity contribution in [3.8, 4) is 0 Å². The highest BCUT2D eigenvalue weighted by Gasteiger charge is 2.22. The van der Waals surface area contributed by atoms with Crippen LogP contribution < -0.4 is 5.11 Å². The summed E-state index contributed by atoms with van der Waals surface area (Å²) in [5.74, 6) is -2.33. The maximum absolute atomic E-state index is 12.9. The van der Waals surface area contributed by atoms with Gasteiger partial charge in [-0.2, -0.15) is 0 Å². The van der Waals surface area contributed by atoms with Crippen molar-refractivity contribution in [1.29, 1.82) is 0 Å². The minimum atomic E-state index is -1.64. The molecule has 0 N–H and O–H groups in total. The van der Waals surface area contributed by atoms with Gasteiger partial charge in [-0.05, 0) is 116 Å². The number of hydrogen-bond donors (Lipinski definition) is 0. The number of carbonyl (C=O) groups excluding carboxylic acids is 3. The molecule has 0 aromatic carbocycles. The van der Waals surface area contributed by atoms with Crippen molar-refractivity contribution in [2.24, 2.45) is 0 Å². The molecule has 0 spiro atoms. The Labute approximate surface area is 483 Å². The van der Waals surface area contributed by atoms with Crippen molar-refractivity contribution < 1.29 is 42.9 Å². The van der Waals surface area contributed by atoms with Gasteiger partial charge in [-0.25, -0.2) is 0 Å². The first-order chi connectivity index (χ1) is 38.6. The molecule has 2 unspecified atom stereocenters. The van der Waals surface area contributed by atoms with Crippen LogP contribution in [-0.4, -0.2) is 82.3 Å². The number of unbranched alkanes of at least 4 members (excludes halogenated alkanes) is 16. The van der Waals surface area contributed by atoms with Crippen LogP contribution in [0.1, 0.15) is 219 Å². The van der Waals surface area contributed by atoms with Gasteiger partial charge in [-0.1, -0.05) is 237 Å². The molecule has 0 aromatic rings. The van der Waals surface area contributed by atoms with Crippen molar-refractivity contribution in [1.82, 2.24) is 0 Å². The van der Waals surface area contributed by atoms with Crippen LogP contribution in [0.15, 0.2) is 146 Å². The molecule has 0 aliphatic rings. The van der Waals surface area contributed by atoms with Gasteiger partial charge in [0.1, 0.15) is 13.2 Å². The number of rotatable bonds is 55. The molecule has 446 valence electrons. The predicted molar refractivity (Wildman–Crippen MR) is 333 cm³/mol. The zero-order valence-corrected chi connectivity index (χ0v) is 50.7. The van der Waals surface area contributed by atoms with E-state index in [0.29, 0.717) is 23.9 Å². The smallest absolute Gasteiger partial charge is 0.306 e. The Morgan fingerprint density at radius 1 is 0.380 bits per heavy atom. The SMILES string of the molecule is CC/C=C\C/C=C\C/C=C\C/C=C\C/C=C\C/C=C\C/C=C\CCCCCCCCCCCCCC(=O)OC(COC(=O)CCCCCCC/C=C\C/C=C\C/C=C\C/C=C\C/C=C\CC)COC(OCC[N+](C)(C)C)C(=O)[O-]. The molecule has 0 fully saturated rings. The third kappa shape index (κ3) is 60.7. The number of carbonyl (C=O) groups is 3. The third-order valence-electron chi connectivity index (χ3n) is 12.6. The lowest BCUT2D eigenvalue weighted by Crippen LogP contribution is -2.44. The van der Waals surface area contributed by atoms with E-state index in [1.807, 2.05) is 21.1 Å². The van der Waals surface area contributed by atoms with E-state index in [-0.39, 0.29) is 38.6 Å². The van der Waals surface area contributed by atoms with Crippen LogP contribution in [-0.2, 0) is 33.3 Å². The molecule has 0 saturated carbocycles. The Morgan fingerprint density at radius 2 is 0.684 bits per heavy atom. The largest absolute Gasteiger partial charge is 0.545 e. The number of ether oxygens (including phenoxy) is 4. The highest BCUT2D eigenvalue weighted by Crippen LogP contribution is 2.15. The second kappa shape index (κ2) is 59.3. The number of aliphatic carboxylic acids is 1. The number of hydrogen-bond acceptors (Lipinski definition) is 8. The second-order valence-electron chi connectivity index (χ2n) is 21.2. The summed E-state index contributed by atoms with van der Waals surface area (Å²) >= 11 is 0. The minimum Gasteiger partial charge on any atom is -0.545 e. The number of likely N-dealkylation sites (N-methyl/N-ethyl adjacent to an activating group) is 1. The average molecular weight is 1100 g/mol. The highest BCUT2D eigenvalue weighted by molar-refractivity contribution is 5.70. The monoisotopic (exact) mass is 1100 g/mol. The molecule has 0 aliphatic heterocycles. The van der Waals surface area contributed by atoms with E-state index in [1.165, 1.54) is 44.9 Å². The molecule has 0 aromatic heterocycles. The molecule has 0 rings (SSSR count). The summed E-state index contributed by atoms with van der Waals surface area (Å²) in [6, 6.07) is 0. The van der Waals surface area contributed by atoms with Gasteiger partial charge in [0.2, 0.25) is 0 Å². The van der Waals surface area contributed by atoms with Gasteiger partial charge in [0.05, 0.1) is 40.3 Å². The molecule has 0 heterocycles. The summed E-state index contributed by atoms with van der Waals surface area (Å²) in [5, 5.41) is 11.8. The van der Waals surface area contributed by atoms with Gasteiger partial charge in [0, 0.05) is 12.8 Å². The molecule has 2 atom stereocenters. The predicted octanol–water partition coefficient (Wildman–Crippen LogP) is 17.5. The number of carboxylic acids is 1. The van der Waals surface area contributed by atoms with Gasteiger partial charge in [-0.3, -0.25) is 9.59 Å². The number of esters is 2. The minimum absolute atomic E-state index is 0.136. The van der Waals surface area contributed by atoms with Crippen LogP contribution in [0.3, 0.4) is 0 Å². The van der Waals surface area contributed by atoms with Gasteiger partial charge in [-0.15, -0.1) is 0 Å². The van der Waals surface area contributed by atoms with Crippen molar-refractivity contribution in [3.63, 3.8) is 0 Å². The second-order valence-corrected chi connectivity index (χ2v) is 21.2. The average Bonchev–Trinajstić information content (AvgIpc) is 3.42. The summed E-state index contributed by atoms with van der Waals surface area (Å²) in [6.07, 6.45) is 83.3. The molecular weight excluding hydrogens is 983 g/mol. The molecular formula is C70H113NO8. The quantitative estimate of drug-likeness (QED) is 0.0195. The number of nitrogens with zero attached hydrogens (tertiary/aromatic N) is 1. The van der Waals surface area contributed by atoms with Crippen molar-refractivity contribution >= 4 is 17.9 Å². The molecule has 9 nitrogen and oxygen atoms in total. The van der Waals surface area contributed by atoms with E-state index in [2.05, 4.69) is 160 Å². The fourth-order valence-electron chi connectivity index (χ4n) is 7.90. The van der Waals surface area contributed by atoms with Gasteiger partial charge in [0.25, 0.3) is 0 Å². The first kappa shape index (κ1) is 74.2. The fourth-order valence-corrected chi connectivity index (χ4v) is 7.90. The Morgan fingerprint density at radius 3 is 1.01 bits per heavy atom. The van der Waals surface area contributed by atoms with E-state index >= 15 is 0 Å². The lowest BCUT2D eigenvalue weighted by molar-refractivity contribution is -0.870. The van der Waals surface area contributed by atoms with Crippen LogP contribution in [0.2, 0.25) is 0 Å². The normalized spacial score (nSPS) is 13.8. The van der Waals surface area contributed by atoms with Crippen LogP contribution in [0.4, 0.5) is 0 Å². The van der Waals surface area contributed by atoms with Crippen molar-refractivity contribution in [2.45, 2.75) is 232 Å². The molecule has 0 amide bonds. The Bertz CT molecular complexity index is 1800. The topological polar surface area (TPSA) is 111 Å². The molecule has 0 bridgehead atoms. The lowest BCUT2D eigenvalue weighted by Gasteiger charge is -2.26. The first-order valence-electron chi connectivity index (χ1n) is 31.0. The Kier molecular flexibility index (Phi) is 55.7. The molecule has 0 radical (unpaired) electrons. The van der Waals surface area contributed by atoms with E-state index in [4.69, 9.17) is 18.9 Å². The Balaban J connectivity index is 4.26. The van der Waals surface area contributed by atoms with Crippen LogP contribution >= 0.6 is 0 Å². The van der Waals surface area contributed by atoms with Crippen LogP contribution in [0, 0.1) is 0 Å². The van der Waals surface area contributed by atoms with Crippen molar-refractivity contribution in [2.75, 3.05) is 47.5 Å². The summed E-state index contributed by atoms with van der Waals surface area (Å²) in [7, 11) is 5.91. The summed E-state index contributed by atoms with van der Waals surface area (Å²) in [6.45, 7) is 4.48. The van der Waals surface area contributed by atoms with E-state index in [0.717, 1.165) is 135 Å². The number of quaternary nitrogens is 1. The standard InChI is InChI=1S/C70H113NO8/c1-6-8-10-12-14-16-18-20-22-24-26-28-29-30-31-32-33-34-35-36-37-38-39-41-43-45-47-49-51-53-55-57-59-61-68(73)79-66(65-78-70(69(74)75)76-63-62-71(3,4)5)64-77-67(72)60-58-56-54-52-50-48-46-44-42-40-27-25-23-21-19-17-15-13-11-9-7-2/h8-11,14-17,20-23,26-28,30-31,33-34,36-37,40,44,46,66,70H,6-7,12-13,18-19,24-25,29,32,35,38-39,41-43,45,47-65H2,1-5H3/b10-8-,11-9-,16-14-,17-15-,22-20-,23-21-,28-26-,31-30-,34-33-,37-36-,40-27-,46-44-. The zero-order chi connectivity index (χ0) is 57.6. The summed E-state index contributed by atoms with van der Waals surface area (Å²) < 4.78 is 22.7. The zero-order valence-electron chi connectivity index (χ0n) is 50.7. The Hall–Kier alpha value is -4.83. The van der Waals surface area contributed by atoms with Crippen LogP contribution in [0.5, 0.6) is 0 Å². The maximum atomic E-state index is 12.9. The van der Waals surface area contributed by atoms with E-state index < -0.39 is 24.3 Å². The molecule has 0 aliphatic carbocycles. The van der Waals surface area contributed by atoms with Crippen molar-refractivity contribution in [3.05, 3.63) is 146 Å². The third-order valence-corrected chi connectivity index (χ3v) is 12.6. The number of carboxylic acid groups (broad SMARTS) is 1. The summed E-state index contributed by atoms with van der Waals surface area (Å²) in [5.41, 5.74) is 0. The van der Waals surface area contributed by atoms with Gasteiger partial charge in [0.15, 0.2) is 12.4 Å². The summed E-state index contributed by atoms with van der Waals surface area (Å²) in [4.78, 5) is 37.4. The maximum Gasteiger partial charge on any atom is 0.306 e. The fraction of sp³-hybridized carbons (Fsp3) is 0.614. The highest BCUT2D eigenvalue weighted by atomic mass is 16.7. The molecule has 9 heteroatoms. The van der Waals surface area contributed by atoms with Gasteiger partial charge >= 0.3 is 11.9 Å².